The maximum Gasteiger partial charge on any atom is 0.280 e. The molecule has 1 N–H and O–H groups in total. The Labute approximate surface area is 207 Å². The van der Waals surface area contributed by atoms with Gasteiger partial charge in [0.15, 0.2) is 17.3 Å². The number of benzene rings is 2. The number of nitro benzene ring substituents is 1. The Kier molecular flexibility index (Phi) is 5.79. The van der Waals surface area contributed by atoms with E-state index in [1.54, 1.807) is 42.5 Å². The van der Waals surface area contributed by atoms with Crippen LogP contribution in [0.4, 0.5) is 11.5 Å². The van der Waals surface area contributed by atoms with Gasteiger partial charge in [0.2, 0.25) is 0 Å². The molecule has 2 aromatic carbocycles. The van der Waals surface area contributed by atoms with E-state index in [1.165, 1.54) is 25.5 Å². The van der Waals surface area contributed by atoms with Crippen molar-refractivity contribution in [3.05, 3.63) is 93.3 Å². The fourth-order valence-electron chi connectivity index (χ4n) is 3.68. The minimum atomic E-state index is -0.444. The first kappa shape index (κ1) is 22.4. The van der Waals surface area contributed by atoms with Crippen LogP contribution in [0.1, 0.15) is 5.76 Å². The van der Waals surface area contributed by atoms with Crippen molar-refractivity contribution >= 4 is 39.3 Å². The highest BCUT2D eigenvalue weighted by Gasteiger charge is 2.18. The lowest BCUT2D eigenvalue weighted by molar-refractivity contribution is -0.384. The Bertz CT molecular complexity index is 1610. The molecule has 0 bridgehead atoms. The smallest absolute Gasteiger partial charge is 0.280 e. The number of para-hydroxylation sites is 1. The van der Waals surface area contributed by atoms with Gasteiger partial charge in [-0.2, -0.15) is 0 Å². The van der Waals surface area contributed by atoms with Gasteiger partial charge in [-0.1, -0.05) is 12.1 Å². The summed E-state index contributed by atoms with van der Waals surface area (Å²) in [4.78, 5) is 20.3. The number of phenolic OH excluding ortho intramolecular Hbond substituents is 1. The third-order valence-corrected chi connectivity index (χ3v) is 5.79. The van der Waals surface area contributed by atoms with Crippen LogP contribution in [0.5, 0.6) is 11.5 Å². The van der Waals surface area contributed by atoms with Crippen LogP contribution in [-0.2, 0) is 0 Å². The van der Waals surface area contributed by atoms with Crippen molar-refractivity contribution in [2.24, 2.45) is 4.99 Å². The molecular formula is C25H17BrN4O5. The van der Waals surface area contributed by atoms with Gasteiger partial charge in [-0.3, -0.25) is 14.5 Å². The number of ether oxygens (including phenoxy) is 1. The summed E-state index contributed by atoms with van der Waals surface area (Å²) in [5.74, 6) is 1.64. The first-order valence-electron chi connectivity index (χ1n) is 10.4. The second kappa shape index (κ2) is 9.07. The van der Waals surface area contributed by atoms with Gasteiger partial charge >= 0.3 is 0 Å². The van der Waals surface area contributed by atoms with Crippen LogP contribution < -0.4 is 4.74 Å². The monoisotopic (exact) mass is 532 g/mol. The van der Waals surface area contributed by atoms with E-state index >= 15 is 0 Å². The molecule has 0 saturated heterocycles. The van der Waals surface area contributed by atoms with Crippen LogP contribution in [-0.4, -0.2) is 32.7 Å². The largest absolute Gasteiger partial charge is 0.504 e. The number of hydrogen-bond acceptors (Lipinski definition) is 7. The summed E-state index contributed by atoms with van der Waals surface area (Å²) in [5, 5.41) is 21.4. The lowest BCUT2D eigenvalue weighted by Gasteiger charge is -2.06. The van der Waals surface area contributed by atoms with Crippen molar-refractivity contribution in [2.45, 2.75) is 0 Å². The van der Waals surface area contributed by atoms with Gasteiger partial charge in [0.05, 0.1) is 23.8 Å². The second-order valence-electron chi connectivity index (χ2n) is 7.48. The van der Waals surface area contributed by atoms with Crippen molar-refractivity contribution in [2.75, 3.05) is 7.11 Å². The number of furan rings is 1. The highest BCUT2D eigenvalue weighted by atomic mass is 79.9. The van der Waals surface area contributed by atoms with E-state index in [2.05, 4.69) is 20.9 Å². The molecule has 0 aliphatic rings. The maximum atomic E-state index is 11.4. The quantitative estimate of drug-likeness (QED) is 0.154. The number of fused-ring (bicyclic) bond motifs is 1. The number of imidazole rings is 1. The second-order valence-corrected chi connectivity index (χ2v) is 8.40. The molecule has 0 saturated carbocycles. The summed E-state index contributed by atoms with van der Waals surface area (Å²) in [6.07, 6.45) is 3.38. The zero-order chi connectivity index (χ0) is 24.5. The molecule has 5 rings (SSSR count). The van der Waals surface area contributed by atoms with Gasteiger partial charge in [-0.25, -0.2) is 9.98 Å². The zero-order valence-electron chi connectivity index (χ0n) is 18.3. The number of hydrogen-bond donors (Lipinski definition) is 1. The predicted octanol–water partition coefficient (Wildman–Crippen LogP) is 6.40. The Morgan fingerprint density at radius 2 is 2.00 bits per heavy atom. The number of rotatable bonds is 6. The number of methoxy groups -OCH3 is 1. The fourth-order valence-corrected chi connectivity index (χ4v) is 4.02. The number of pyridine rings is 1. The highest BCUT2D eigenvalue weighted by molar-refractivity contribution is 9.10. The Morgan fingerprint density at radius 3 is 2.80 bits per heavy atom. The van der Waals surface area contributed by atoms with Crippen LogP contribution in [0.3, 0.4) is 0 Å². The molecule has 35 heavy (non-hydrogen) atoms. The lowest BCUT2D eigenvalue weighted by Crippen LogP contribution is -1.90. The fraction of sp³-hybridized carbons (Fsp3) is 0.0400. The minimum absolute atomic E-state index is 0.0194. The summed E-state index contributed by atoms with van der Waals surface area (Å²) in [5.41, 5.74) is 2.28. The average molecular weight is 533 g/mol. The first-order chi connectivity index (χ1) is 16.9. The van der Waals surface area contributed by atoms with Crippen LogP contribution >= 0.6 is 15.9 Å². The summed E-state index contributed by atoms with van der Waals surface area (Å²) in [6.45, 7) is 0. The number of aromatic nitrogens is 2. The first-order valence-corrected chi connectivity index (χ1v) is 11.2. The molecule has 10 heteroatoms. The molecule has 5 aromatic rings. The van der Waals surface area contributed by atoms with Crippen LogP contribution in [0.25, 0.3) is 28.2 Å². The standard InChI is InChI=1S/C25H17BrN4O5/c1-34-22-12-15(6-9-20(22)31)24-25(29-14-16(26)7-11-23(29)28-24)27-13-17-8-10-21(35-17)18-4-2-3-5-19(18)30(32)33/h2-14,31H,1H3. The van der Waals surface area contributed by atoms with Gasteiger partial charge in [-0.15, -0.1) is 0 Å². The number of aromatic hydroxyl groups is 1. The van der Waals surface area contributed by atoms with Crippen LogP contribution in [0, 0.1) is 10.1 Å². The van der Waals surface area contributed by atoms with Crippen molar-refractivity contribution in [3.8, 4) is 34.1 Å². The Balaban J connectivity index is 1.58. The molecule has 0 aliphatic carbocycles. The molecule has 0 unspecified atom stereocenters. The molecule has 174 valence electrons. The molecule has 9 nitrogen and oxygen atoms in total. The number of halogens is 1. The summed E-state index contributed by atoms with van der Waals surface area (Å²) in [6, 6.07) is 18.4. The molecule has 0 amide bonds. The molecule has 0 atom stereocenters. The predicted molar refractivity (Wildman–Crippen MR) is 135 cm³/mol. The van der Waals surface area contributed by atoms with E-state index in [9.17, 15) is 15.2 Å². The Morgan fingerprint density at radius 1 is 1.17 bits per heavy atom. The average Bonchev–Trinajstić information content (AvgIpc) is 3.47. The van der Waals surface area contributed by atoms with E-state index in [1.807, 2.05) is 22.7 Å². The van der Waals surface area contributed by atoms with Gasteiger partial charge in [0, 0.05) is 22.3 Å². The topological polar surface area (TPSA) is 115 Å². The summed E-state index contributed by atoms with van der Waals surface area (Å²) < 4.78 is 13.8. The normalized spacial score (nSPS) is 11.4. The van der Waals surface area contributed by atoms with Crippen molar-refractivity contribution in [3.63, 3.8) is 0 Å². The van der Waals surface area contributed by atoms with Crippen molar-refractivity contribution in [1.82, 2.24) is 9.38 Å². The van der Waals surface area contributed by atoms with Gasteiger partial charge in [0.25, 0.3) is 5.69 Å². The molecule has 0 radical (unpaired) electrons. The lowest BCUT2D eigenvalue weighted by atomic mass is 10.1. The molecule has 3 aromatic heterocycles. The van der Waals surface area contributed by atoms with Gasteiger partial charge < -0.3 is 14.3 Å². The molecule has 3 heterocycles. The minimum Gasteiger partial charge on any atom is -0.504 e. The van der Waals surface area contributed by atoms with E-state index in [0.717, 1.165) is 4.47 Å². The van der Waals surface area contributed by atoms with Crippen molar-refractivity contribution < 1.29 is 19.2 Å². The third-order valence-electron chi connectivity index (χ3n) is 5.32. The molecule has 0 spiro atoms. The molecular weight excluding hydrogens is 516 g/mol. The van der Waals surface area contributed by atoms with Crippen molar-refractivity contribution in [1.29, 1.82) is 0 Å². The number of nitro groups is 1. The third kappa shape index (κ3) is 4.26. The highest BCUT2D eigenvalue weighted by Crippen LogP contribution is 2.37. The van der Waals surface area contributed by atoms with Gasteiger partial charge in [-0.05, 0) is 64.5 Å². The number of aliphatic imine (C=N–C) groups is 1. The van der Waals surface area contributed by atoms with Gasteiger partial charge in [0.1, 0.15) is 22.9 Å². The number of nitrogens with zero attached hydrogens (tertiary/aromatic N) is 4. The van der Waals surface area contributed by atoms with E-state index < -0.39 is 4.92 Å². The number of phenols is 1. The zero-order valence-corrected chi connectivity index (χ0v) is 19.8. The van der Waals surface area contributed by atoms with E-state index in [0.29, 0.717) is 45.6 Å². The summed E-state index contributed by atoms with van der Waals surface area (Å²) >= 11 is 3.48. The van der Waals surface area contributed by atoms with Crippen LogP contribution in [0.2, 0.25) is 0 Å². The SMILES string of the molecule is COc1cc(-c2nc3ccc(Br)cn3c2N=Cc2ccc(-c3ccccc3[N+](=O)[O-])o2)ccc1O. The molecule has 0 fully saturated rings. The summed E-state index contributed by atoms with van der Waals surface area (Å²) in [7, 11) is 1.48. The van der Waals surface area contributed by atoms with E-state index in [4.69, 9.17) is 14.1 Å². The maximum absolute atomic E-state index is 11.4. The van der Waals surface area contributed by atoms with E-state index in [-0.39, 0.29) is 11.4 Å². The van der Waals surface area contributed by atoms with Crippen LogP contribution in [0.15, 0.2) is 86.8 Å². The molecule has 0 aliphatic heterocycles. The Hall–Kier alpha value is -4.44.